The van der Waals surface area contributed by atoms with Crippen LogP contribution in [-0.2, 0) is 0 Å². The minimum atomic E-state index is -0.185. The van der Waals surface area contributed by atoms with Crippen LogP contribution >= 0.6 is 0 Å². The topological polar surface area (TPSA) is 23.1 Å². The van der Waals surface area contributed by atoms with Gasteiger partial charge in [-0.15, -0.1) is 6.10 Å². The average Bonchev–Trinajstić information content (AvgIpc) is 1.30. The van der Waals surface area contributed by atoms with Crippen LogP contribution in [0.3, 0.4) is 0 Å². The smallest absolute Gasteiger partial charge is 0.0554 e. The molecule has 0 aromatic carbocycles. The lowest BCUT2D eigenvalue weighted by molar-refractivity contribution is -0.437. The monoisotopic (exact) mass is 71.1 g/mol. The predicted octanol–water partition coefficient (Wildman–Crippen LogP) is -0.101. The van der Waals surface area contributed by atoms with Gasteiger partial charge in [0, 0.05) is 0 Å². The minimum absolute atomic E-state index is 0.185. The Hall–Kier alpha value is -0.0400. The van der Waals surface area contributed by atoms with Gasteiger partial charge in [-0.1, -0.05) is 19.3 Å². The molecule has 0 atom stereocenters. The SMILES string of the molecule is [O-]C1CCC1. The van der Waals surface area contributed by atoms with Gasteiger partial charge in [-0.25, -0.2) is 0 Å². The van der Waals surface area contributed by atoms with Crippen molar-refractivity contribution >= 4 is 0 Å². The van der Waals surface area contributed by atoms with Crippen molar-refractivity contribution in [3.63, 3.8) is 0 Å². The van der Waals surface area contributed by atoms with Crippen molar-refractivity contribution in [2.75, 3.05) is 0 Å². The van der Waals surface area contributed by atoms with Gasteiger partial charge < -0.3 is 5.11 Å². The van der Waals surface area contributed by atoms with Gasteiger partial charge in [-0.2, -0.15) is 0 Å². The maximum absolute atomic E-state index is 9.98. The van der Waals surface area contributed by atoms with E-state index >= 15 is 0 Å². The summed E-state index contributed by atoms with van der Waals surface area (Å²) in [6.45, 7) is 0. The van der Waals surface area contributed by atoms with Gasteiger partial charge in [-0.3, -0.25) is 0 Å². The van der Waals surface area contributed by atoms with Gasteiger partial charge in [0.25, 0.3) is 0 Å². The quantitative estimate of drug-likeness (QED) is 0.391. The first-order chi connectivity index (χ1) is 2.39. The highest BCUT2D eigenvalue weighted by molar-refractivity contribution is 4.63. The fourth-order valence-corrected chi connectivity index (χ4v) is 0.371. The zero-order valence-electron chi connectivity index (χ0n) is 3.11. The van der Waals surface area contributed by atoms with Crippen LogP contribution in [0.25, 0.3) is 0 Å². The number of hydrogen-bond acceptors (Lipinski definition) is 1. The van der Waals surface area contributed by atoms with E-state index in [4.69, 9.17) is 0 Å². The van der Waals surface area contributed by atoms with Crippen molar-refractivity contribution in [1.82, 2.24) is 0 Å². The third kappa shape index (κ3) is 0.428. The molecule has 1 nitrogen and oxygen atoms in total. The summed E-state index contributed by atoms with van der Waals surface area (Å²) in [4.78, 5) is 0. The molecule has 1 saturated carbocycles. The van der Waals surface area contributed by atoms with Crippen LogP contribution in [0.5, 0.6) is 0 Å². The van der Waals surface area contributed by atoms with E-state index in [2.05, 4.69) is 0 Å². The molecule has 1 aliphatic carbocycles. The molecule has 0 bridgehead atoms. The number of rotatable bonds is 0. The molecular formula is C4H7O-. The second-order valence-electron chi connectivity index (χ2n) is 1.55. The Morgan fingerprint density at radius 3 is 1.80 bits per heavy atom. The fourth-order valence-electron chi connectivity index (χ4n) is 0.371. The Labute approximate surface area is 31.6 Å². The molecule has 5 heavy (non-hydrogen) atoms. The Kier molecular flexibility index (Phi) is 0.618. The normalized spacial score (nSPS) is 25.8. The maximum atomic E-state index is 9.98. The molecular weight excluding hydrogens is 64.0 g/mol. The fraction of sp³-hybridized carbons (Fsp3) is 1.00. The van der Waals surface area contributed by atoms with Crippen LogP contribution in [0.15, 0.2) is 0 Å². The van der Waals surface area contributed by atoms with E-state index in [-0.39, 0.29) is 6.10 Å². The predicted molar refractivity (Wildman–Crippen MR) is 17.6 cm³/mol. The summed E-state index contributed by atoms with van der Waals surface area (Å²) in [7, 11) is 0. The van der Waals surface area contributed by atoms with Gasteiger partial charge >= 0.3 is 0 Å². The van der Waals surface area contributed by atoms with Crippen molar-refractivity contribution < 1.29 is 5.11 Å². The van der Waals surface area contributed by atoms with E-state index in [0.717, 1.165) is 12.8 Å². The van der Waals surface area contributed by atoms with E-state index in [0.29, 0.717) is 0 Å². The molecule has 1 fully saturated rings. The minimum Gasteiger partial charge on any atom is -0.852 e. The van der Waals surface area contributed by atoms with E-state index in [1.165, 1.54) is 6.42 Å². The molecule has 0 amide bonds. The van der Waals surface area contributed by atoms with Crippen molar-refractivity contribution in [2.45, 2.75) is 25.4 Å². The van der Waals surface area contributed by atoms with Crippen molar-refractivity contribution in [1.29, 1.82) is 0 Å². The van der Waals surface area contributed by atoms with Gasteiger partial charge in [0.2, 0.25) is 0 Å². The van der Waals surface area contributed by atoms with Crippen molar-refractivity contribution in [3.05, 3.63) is 0 Å². The molecule has 0 N–H and O–H groups in total. The zero-order valence-corrected chi connectivity index (χ0v) is 3.11. The van der Waals surface area contributed by atoms with Crippen molar-refractivity contribution in [2.24, 2.45) is 0 Å². The standard InChI is InChI=1S/C4H7O/c5-4-2-1-3-4/h4H,1-3H2/q-1. The molecule has 1 aliphatic rings. The lowest BCUT2D eigenvalue weighted by atomic mass is 9.97. The molecule has 0 spiro atoms. The zero-order chi connectivity index (χ0) is 3.70. The highest BCUT2D eigenvalue weighted by Crippen LogP contribution is 2.13. The molecule has 0 heterocycles. The first kappa shape index (κ1) is 3.16. The molecule has 0 radical (unpaired) electrons. The molecule has 1 rings (SSSR count). The maximum Gasteiger partial charge on any atom is -0.0554 e. The average molecular weight is 71.1 g/mol. The third-order valence-corrected chi connectivity index (χ3v) is 1.05. The van der Waals surface area contributed by atoms with Crippen LogP contribution in [0.1, 0.15) is 19.3 Å². The van der Waals surface area contributed by atoms with Crippen LogP contribution in [0, 0.1) is 0 Å². The molecule has 0 aromatic rings. The summed E-state index contributed by atoms with van der Waals surface area (Å²) in [5.74, 6) is 0. The van der Waals surface area contributed by atoms with Gasteiger partial charge in [0.15, 0.2) is 0 Å². The molecule has 0 aromatic heterocycles. The summed E-state index contributed by atoms with van der Waals surface area (Å²) < 4.78 is 0. The highest BCUT2D eigenvalue weighted by atomic mass is 16.3. The van der Waals surface area contributed by atoms with E-state index in [9.17, 15) is 5.11 Å². The summed E-state index contributed by atoms with van der Waals surface area (Å²) in [6, 6.07) is 0. The van der Waals surface area contributed by atoms with Gasteiger partial charge in [0.05, 0.1) is 0 Å². The second kappa shape index (κ2) is 0.977. The molecule has 30 valence electrons. The van der Waals surface area contributed by atoms with Crippen LogP contribution in [0.4, 0.5) is 0 Å². The largest absolute Gasteiger partial charge is 0.852 e. The van der Waals surface area contributed by atoms with E-state index < -0.39 is 0 Å². The summed E-state index contributed by atoms with van der Waals surface area (Å²) in [5.41, 5.74) is 0. The highest BCUT2D eigenvalue weighted by Gasteiger charge is 2.02. The van der Waals surface area contributed by atoms with Crippen LogP contribution in [0.2, 0.25) is 0 Å². The molecule has 0 unspecified atom stereocenters. The number of hydrogen-bond donors (Lipinski definition) is 0. The Morgan fingerprint density at radius 2 is 1.80 bits per heavy atom. The van der Waals surface area contributed by atoms with E-state index in [1.807, 2.05) is 0 Å². The molecule has 0 saturated heterocycles. The Bertz CT molecular complexity index is 30.6. The summed E-state index contributed by atoms with van der Waals surface area (Å²) in [6.07, 6.45) is 2.85. The van der Waals surface area contributed by atoms with Crippen molar-refractivity contribution in [3.8, 4) is 0 Å². The van der Waals surface area contributed by atoms with Crippen LogP contribution < -0.4 is 5.11 Å². The Balaban J connectivity index is 2.08. The van der Waals surface area contributed by atoms with Gasteiger partial charge in [0.1, 0.15) is 0 Å². The third-order valence-electron chi connectivity index (χ3n) is 1.05. The second-order valence-corrected chi connectivity index (χ2v) is 1.55. The van der Waals surface area contributed by atoms with E-state index in [1.54, 1.807) is 0 Å². The molecule has 1 heteroatoms. The lowest BCUT2D eigenvalue weighted by Gasteiger charge is -2.30. The molecule has 0 aliphatic heterocycles. The lowest BCUT2D eigenvalue weighted by Crippen LogP contribution is -2.31. The summed E-state index contributed by atoms with van der Waals surface area (Å²) in [5, 5.41) is 9.98. The van der Waals surface area contributed by atoms with Crippen LogP contribution in [-0.4, -0.2) is 6.10 Å². The first-order valence-corrected chi connectivity index (χ1v) is 2.05. The Morgan fingerprint density at radius 1 is 1.40 bits per heavy atom. The first-order valence-electron chi connectivity index (χ1n) is 2.05. The van der Waals surface area contributed by atoms with Gasteiger partial charge in [-0.05, 0) is 0 Å². The summed E-state index contributed by atoms with van der Waals surface area (Å²) >= 11 is 0.